The van der Waals surface area contributed by atoms with E-state index in [2.05, 4.69) is 15.3 Å². The first-order valence-electron chi connectivity index (χ1n) is 7.75. The Kier molecular flexibility index (Phi) is 3.50. The lowest BCUT2D eigenvalue weighted by Crippen LogP contribution is -2.36. The second-order valence-corrected chi connectivity index (χ2v) is 5.88. The van der Waals surface area contributed by atoms with Crippen molar-refractivity contribution in [2.24, 2.45) is 0 Å². The Morgan fingerprint density at radius 1 is 1.38 bits per heavy atom. The molecular weight excluding hydrogens is 308 g/mol. The van der Waals surface area contributed by atoms with Gasteiger partial charge in [0.05, 0.1) is 43.6 Å². The number of pyridine rings is 1. The van der Waals surface area contributed by atoms with Crippen molar-refractivity contribution < 1.29 is 9.47 Å². The number of aryl methyl sites for hydroxylation is 1. The number of hydrogen-bond donors (Lipinski definition) is 2. The highest BCUT2D eigenvalue weighted by Crippen LogP contribution is 2.26. The van der Waals surface area contributed by atoms with Gasteiger partial charge in [-0.1, -0.05) is 0 Å². The predicted octanol–water partition coefficient (Wildman–Crippen LogP) is 2.36. The van der Waals surface area contributed by atoms with Crippen LogP contribution >= 0.6 is 0 Å². The topological polar surface area (TPSA) is 81.2 Å². The van der Waals surface area contributed by atoms with E-state index >= 15 is 0 Å². The molecule has 0 unspecified atom stereocenters. The third-order valence-electron chi connectivity index (χ3n) is 4.28. The number of aromatic amines is 1. The standard InChI is InChI=1S/C17H18N4O3/c1-10-5-12(23-2)3-4-13(10)19-16-6-15-14(7-18-16)20-17(22)21(15)11-8-24-9-11/h3-7,11H,8-9H2,1-2H3,(H,18,19)(H,20,22). The number of nitrogens with zero attached hydrogens (tertiary/aromatic N) is 2. The number of benzene rings is 1. The zero-order chi connectivity index (χ0) is 16.7. The van der Waals surface area contributed by atoms with Gasteiger partial charge in [0.15, 0.2) is 0 Å². The van der Waals surface area contributed by atoms with Crippen LogP contribution in [0.15, 0.2) is 35.3 Å². The molecule has 2 aromatic heterocycles. The van der Waals surface area contributed by atoms with Crippen molar-refractivity contribution in [1.82, 2.24) is 14.5 Å². The van der Waals surface area contributed by atoms with Crippen molar-refractivity contribution in [2.45, 2.75) is 13.0 Å². The zero-order valence-electron chi connectivity index (χ0n) is 13.5. The first-order chi connectivity index (χ1) is 11.7. The van der Waals surface area contributed by atoms with Crippen molar-refractivity contribution >= 4 is 22.5 Å². The van der Waals surface area contributed by atoms with Crippen LogP contribution in [0.25, 0.3) is 11.0 Å². The van der Waals surface area contributed by atoms with Gasteiger partial charge in [-0.3, -0.25) is 4.57 Å². The lowest BCUT2D eigenvalue weighted by Gasteiger charge is -2.27. The summed E-state index contributed by atoms with van der Waals surface area (Å²) in [7, 11) is 1.65. The van der Waals surface area contributed by atoms with Gasteiger partial charge in [-0.25, -0.2) is 9.78 Å². The summed E-state index contributed by atoms with van der Waals surface area (Å²) in [5, 5.41) is 3.30. The smallest absolute Gasteiger partial charge is 0.326 e. The number of rotatable bonds is 4. The summed E-state index contributed by atoms with van der Waals surface area (Å²) in [4.78, 5) is 19.4. The number of aromatic nitrogens is 3. The first kappa shape index (κ1) is 14.8. The van der Waals surface area contributed by atoms with E-state index < -0.39 is 0 Å². The summed E-state index contributed by atoms with van der Waals surface area (Å²) in [6.07, 6.45) is 1.67. The maximum absolute atomic E-state index is 12.2. The summed E-state index contributed by atoms with van der Waals surface area (Å²) in [6, 6.07) is 7.77. The molecule has 3 aromatic rings. The van der Waals surface area contributed by atoms with E-state index in [-0.39, 0.29) is 11.7 Å². The Hall–Kier alpha value is -2.80. The lowest BCUT2D eigenvalue weighted by atomic mass is 10.2. The molecule has 0 saturated carbocycles. The molecule has 1 aliphatic heterocycles. The normalized spacial score (nSPS) is 14.6. The van der Waals surface area contributed by atoms with Crippen molar-refractivity contribution in [3.8, 4) is 5.75 Å². The lowest BCUT2D eigenvalue weighted by molar-refractivity contribution is -0.0228. The van der Waals surface area contributed by atoms with E-state index in [9.17, 15) is 4.79 Å². The van der Waals surface area contributed by atoms with Gasteiger partial charge in [0.1, 0.15) is 11.6 Å². The number of hydrogen-bond acceptors (Lipinski definition) is 5. The molecule has 1 aliphatic rings. The molecule has 0 spiro atoms. The van der Waals surface area contributed by atoms with E-state index in [4.69, 9.17) is 9.47 Å². The third kappa shape index (κ3) is 2.43. The maximum Gasteiger partial charge on any atom is 0.326 e. The molecule has 1 fully saturated rings. The SMILES string of the molecule is COc1ccc(Nc2cc3c(cn2)[nH]c(=O)n3C2COC2)c(C)c1. The molecule has 24 heavy (non-hydrogen) atoms. The fourth-order valence-corrected chi connectivity index (χ4v) is 2.87. The molecular formula is C17H18N4O3. The molecule has 1 saturated heterocycles. The van der Waals surface area contributed by atoms with Crippen LogP contribution in [0.1, 0.15) is 11.6 Å². The Balaban J connectivity index is 1.71. The molecule has 0 bridgehead atoms. The minimum Gasteiger partial charge on any atom is -0.497 e. The fourth-order valence-electron chi connectivity index (χ4n) is 2.87. The number of methoxy groups -OCH3 is 1. The second kappa shape index (κ2) is 5.68. The molecule has 0 amide bonds. The number of H-pyrrole nitrogens is 1. The molecule has 0 radical (unpaired) electrons. The average Bonchev–Trinajstić information content (AvgIpc) is 2.84. The van der Waals surface area contributed by atoms with Crippen LogP contribution in [0, 0.1) is 6.92 Å². The van der Waals surface area contributed by atoms with Gasteiger partial charge in [0.2, 0.25) is 0 Å². The summed E-state index contributed by atoms with van der Waals surface area (Å²) < 4.78 is 12.2. The molecule has 7 heteroatoms. The molecule has 7 nitrogen and oxygen atoms in total. The van der Waals surface area contributed by atoms with Gasteiger partial charge in [-0.15, -0.1) is 0 Å². The van der Waals surface area contributed by atoms with Crippen LogP contribution in [0.3, 0.4) is 0 Å². The molecule has 0 aliphatic carbocycles. The molecule has 4 rings (SSSR count). The van der Waals surface area contributed by atoms with Crippen LogP contribution in [-0.2, 0) is 4.74 Å². The largest absolute Gasteiger partial charge is 0.497 e. The third-order valence-corrected chi connectivity index (χ3v) is 4.28. The van der Waals surface area contributed by atoms with E-state index in [1.54, 1.807) is 17.9 Å². The molecule has 2 N–H and O–H groups in total. The Labute approximate surface area is 138 Å². The second-order valence-electron chi connectivity index (χ2n) is 5.88. The molecule has 124 valence electrons. The van der Waals surface area contributed by atoms with Gasteiger partial charge in [-0.2, -0.15) is 0 Å². The van der Waals surface area contributed by atoms with Gasteiger partial charge >= 0.3 is 5.69 Å². The number of imidazole rings is 1. The summed E-state index contributed by atoms with van der Waals surface area (Å²) >= 11 is 0. The Bertz CT molecular complexity index is 956. The molecule has 3 heterocycles. The highest BCUT2D eigenvalue weighted by molar-refractivity contribution is 5.79. The van der Waals surface area contributed by atoms with Crippen molar-refractivity contribution in [1.29, 1.82) is 0 Å². The maximum atomic E-state index is 12.2. The summed E-state index contributed by atoms with van der Waals surface area (Å²) in [6.45, 7) is 3.13. The highest BCUT2D eigenvalue weighted by atomic mass is 16.5. The van der Waals surface area contributed by atoms with E-state index in [0.29, 0.717) is 19.0 Å². The van der Waals surface area contributed by atoms with E-state index in [0.717, 1.165) is 28.0 Å². The van der Waals surface area contributed by atoms with Crippen molar-refractivity contribution in [3.63, 3.8) is 0 Å². The van der Waals surface area contributed by atoms with Crippen LogP contribution in [-0.4, -0.2) is 34.9 Å². The van der Waals surface area contributed by atoms with Crippen molar-refractivity contribution in [2.75, 3.05) is 25.6 Å². The summed E-state index contributed by atoms with van der Waals surface area (Å²) in [5.41, 5.74) is 3.42. The number of fused-ring (bicyclic) bond motifs is 1. The highest BCUT2D eigenvalue weighted by Gasteiger charge is 2.24. The van der Waals surface area contributed by atoms with E-state index in [1.165, 1.54) is 0 Å². The molecule has 0 atom stereocenters. The Morgan fingerprint density at radius 3 is 2.88 bits per heavy atom. The number of nitrogens with one attached hydrogen (secondary N) is 2. The minimum atomic E-state index is -0.127. The van der Waals surface area contributed by atoms with Gasteiger partial charge in [0, 0.05) is 11.8 Å². The van der Waals surface area contributed by atoms with Crippen LogP contribution in [0.2, 0.25) is 0 Å². The predicted molar refractivity (Wildman–Crippen MR) is 91.2 cm³/mol. The minimum absolute atomic E-state index is 0.0872. The molecule has 1 aromatic carbocycles. The Morgan fingerprint density at radius 2 is 2.21 bits per heavy atom. The first-order valence-corrected chi connectivity index (χ1v) is 7.75. The van der Waals surface area contributed by atoms with E-state index in [1.807, 2.05) is 31.2 Å². The quantitative estimate of drug-likeness (QED) is 0.769. The van der Waals surface area contributed by atoms with Crippen LogP contribution in [0.4, 0.5) is 11.5 Å². The fraction of sp³-hybridized carbons (Fsp3) is 0.294. The van der Waals surface area contributed by atoms with Crippen LogP contribution < -0.4 is 15.7 Å². The zero-order valence-corrected chi connectivity index (χ0v) is 13.5. The average molecular weight is 326 g/mol. The monoisotopic (exact) mass is 326 g/mol. The van der Waals surface area contributed by atoms with Crippen molar-refractivity contribution in [3.05, 3.63) is 46.5 Å². The van der Waals surface area contributed by atoms with Gasteiger partial charge in [0.25, 0.3) is 0 Å². The van der Waals surface area contributed by atoms with Gasteiger partial charge < -0.3 is 19.8 Å². The van der Waals surface area contributed by atoms with Gasteiger partial charge in [-0.05, 0) is 30.7 Å². The number of anilines is 2. The summed E-state index contributed by atoms with van der Waals surface area (Å²) in [5.74, 6) is 1.50. The number of ether oxygens (including phenoxy) is 2. The van der Waals surface area contributed by atoms with Crippen LogP contribution in [0.5, 0.6) is 5.75 Å².